The van der Waals surface area contributed by atoms with Crippen molar-refractivity contribution in [3.63, 3.8) is 0 Å². The molecule has 1 aliphatic rings. The van der Waals surface area contributed by atoms with Gasteiger partial charge in [0.2, 0.25) is 6.10 Å². The predicted molar refractivity (Wildman–Crippen MR) is 121 cm³/mol. The highest BCUT2D eigenvalue weighted by atomic mass is 16.6. The molecule has 3 aromatic carbocycles. The molecule has 33 heavy (non-hydrogen) atoms. The summed E-state index contributed by atoms with van der Waals surface area (Å²) in [6.45, 7) is 2.30. The molecule has 0 fully saturated rings. The molecular formula is C25H22N2O6. The van der Waals surface area contributed by atoms with Gasteiger partial charge in [0, 0.05) is 0 Å². The van der Waals surface area contributed by atoms with Crippen molar-refractivity contribution in [2.75, 3.05) is 13.2 Å². The molecule has 8 nitrogen and oxygen atoms in total. The second kappa shape index (κ2) is 10.3. The Kier molecular flexibility index (Phi) is 6.84. The van der Waals surface area contributed by atoms with Gasteiger partial charge in [-0.3, -0.25) is 4.79 Å². The molecule has 3 aromatic rings. The van der Waals surface area contributed by atoms with E-state index in [1.54, 1.807) is 60.7 Å². The monoisotopic (exact) mass is 446 g/mol. The number of esters is 1. The SMILES string of the molecule is CCOc1cc(/C=N\NC(=O)[C@@H]2COc3ccccc3O2)ccc1OC(=O)c1ccccc1. The van der Waals surface area contributed by atoms with Crippen LogP contribution in [0.4, 0.5) is 0 Å². The van der Waals surface area contributed by atoms with Crippen LogP contribution >= 0.6 is 0 Å². The van der Waals surface area contributed by atoms with Crippen LogP contribution in [0.1, 0.15) is 22.8 Å². The summed E-state index contributed by atoms with van der Waals surface area (Å²) < 4.78 is 22.3. The molecule has 1 atom stereocenters. The second-order valence-corrected chi connectivity index (χ2v) is 6.99. The highest BCUT2D eigenvalue weighted by molar-refractivity contribution is 5.91. The number of carbonyl (C=O) groups is 2. The molecule has 0 spiro atoms. The molecular weight excluding hydrogens is 424 g/mol. The van der Waals surface area contributed by atoms with Crippen LogP contribution in [0.3, 0.4) is 0 Å². The van der Waals surface area contributed by atoms with Crippen molar-refractivity contribution >= 4 is 18.1 Å². The van der Waals surface area contributed by atoms with Crippen LogP contribution in [0.25, 0.3) is 0 Å². The molecule has 0 unspecified atom stereocenters. The lowest BCUT2D eigenvalue weighted by Gasteiger charge is -2.24. The molecule has 0 saturated carbocycles. The molecule has 0 radical (unpaired) electrons. The van der Waals surface area contributed by atoms with Gasteiger partial charge in [0.25, 0.3) is 5.91 Å². The first-order valence-corrected chi connectivity index (χ1v) is 10.4. The standard InChI is InChI=1S/C25H22N2O6/c1-2-30-22-14-17(12-13-21(22)33-25(29)18-8-4-3-5-9-18)15-26-27-24(28)23-16-31-19-10-6-7-11-20(19)32-23/h3-15,23H,2,16H2,1H3,(H,27,28)/b26-15-/t23-/m0/s1. The van der Waals surface area contributed by atoms with Crippen LogP contribution in [0.2, 0.25) is 0 Å². The van der Waals surface area contributed by atoms with Gasteiger partial charge < -0.3 is 18.9 Å². The minimum Gasteiger partial charge on any atom is -0.490 e. The van der Waals surface area contributed by atoms with Gasteiger partial charge in [-0.25, -0.2) is 10.2 Å². The molecule has 0 aromatic heterocycles. The van der Waals surface area contributed by atoms with Crippen LogP contribution in [0.5, 0.6) is 23.0 Å². The number of nitrogens with one attached hydrogen (secondary N) is 1. The first-order chi connectivity index (χ1) is 16.1. The molecule has 1 amide bonds. The largest absolute Gasteiger partial charge is 0.490 e. The van der Waals surface area contributed by atoms with Gasteiger partial charge >= 0.3 is 5.97 Å². The van der Waals surface area contributed by atoms with Crippen LogP contribution in [0.15, 0.2) is 77.9 Å². The van der Waals surface area contributed by atoms with Crippen molar-refractivity contribution in [1.82, 2.24) is 5.43 Å². The van der Waals surface area contributed by atoms with E-state index in [1.807, 2.05) is 19.1 Å². The number of rotatable bonds is 7. The number of hydrogen-bond donors (Lipinski definition) is 1. The fourth-order valence-corrected chi connectivity index (χ4v) is 3.08. The summed E-state index contributed by atoms with van der Waals surface area (Å²) in [7, 11) is 0. The van der Waals surface area contributed by atoms with E-state index >= 15 is 0 Å². The number of nitrogens with zero attached hydrogens (tertiary/aromatic N) is 1. The molecule has 168 valence electrons. The summed E-state index contributed by atoms with van der Waals surface area (Å²) in [6.07, 6.45) is 0.650. The Morgan fingerprint density at radius 1 is 1.03 bits per heavy atom. The molecule has 0 aliphatic carbocycles. The average molecular weight is 446 g/mol. The molecule has 8 heteroatoms. The normalized spacial score (nSPS) is 14.5. The maximum absolute atomic E-state index is 12.4. The number of para-hydroxylation sites is 2. The number of fused-ring (bicyclic) bond motifs is 1. The third-order valence-corrected chi connectivity index (χ3v) is 4.67. The topological polar surface area (TPSA) is 95.5 Å². The van der Waals surface area contributed by atoms with Crippen LogP contribution in [-0.2, 0) is 4.79 Å². The van der Waals surface area contributed by atoms with E-state index in [4.69, 9.17) is 18.9 Å². The Morgan fingerprint density at radius 3 is 2.58 bits per heavy atom. The van der Waals surface area contributed by atoms with Crippen molar-refractivity contribution in [2.45, 2.75) is 13.0 Å². The average Bonchev–Trinajstić information content (AvgIpc) is 2.85. The fraction of sp³-hybridized carbons (Fsp3) is 0.160. The third-order valence-electron chi connectivity index (χ3n) is 4.67. The summed E-state index contributed by atoms with van der Waals surface area (Å²) in [5.74, 6) is 0.869. The lowest BCUT2D eigenvalue weighted by atomic mass is 10.2. The van der Waals surface area contributed by atoms with Gasteiger partial charge in [-0.1, -0.05) is 30.3 Å². The first kappa shape index (κ1) is 21.9. The van der Waals surface area contributed by atoms with Crippen molar-refractivity contribution in [3.8, 4) is 23.0 Å². The molecule has 1 heterocycles. The number of benzene rings is 3. The van der Waals surface area contributed by atoms with E-state index in [2.05, 4.69) is 10.5 Å². The lowest BCUT2D eigenvalue weighted by molar-refractivity contribution is -0.130. The highest BCUT2D eigenvalue weighted by Gasteiger charge is 2.27. The number of hydrogen-bond acceptors (Lipinski definition) is 7. The maximum Gasteiger partial charge on any atom is 0.343 e. The quantitative estimate of drug-likeness (QED) is 0.258. The molecule has 4 rings (SSSR count). The molecule has 0 bridgehead atoms. The van der Waals surface area contributed by atoms with E-state index in [9.17, 15) is 9.59 Å². The maximum atomic E-state index is 12.4. The Bertz CT molecular complexity index is 1160. The number of hydrazone groups is 1. The van der Waals surface area contributed by atoms with Crippen LogP contribution in [-0.4, -0.2) is 37.4 Å². The van der Waals surface area contributed by atoms with Gasteiger partial charge in [0.15, 0.2) is 23.0 Å². The Hall–Kier alpha value is -4.33. The number of amides is 1. The third kappa shape index (κ3) is 5.48. The minimum absolute atomic E-state index is 0.0916. The number of carbonyl (C=O) groups excluding carboxylic acids is 2. The van der Waals surface area contributed by atoms with E-state index < -0.39 is 18.0 Å². The summed E-state index contributed by atoms with van der Waals surface area (Å²) in [5, 5.41) is 3.99. The zero-order chi connectivity index (χ0) is 23.0. The second-order valence-electron chi connectivity index (χ2n) is 6.99. The van der Waals surface area contributed by atoms with Crippen LogP contribution < -0.4 is 24.4 Å². The van der Waals surface area contributed by atoms with E-state index in [-0.39, 0.29) is 6.61 Å². The zero-order valence-corrected chi connectivity index (χ0v) is 17.9. The van der Waals surface area contributed by atoms with Gasteiger partial charge in [0.1, 0.15) is 6.61 Å². The first-order valence-electron chi connectivity index (χ1n) is 10.4. The summed E-state index contributed by atoms with van der Waals surface area (Å²) in [4.78, 5) is 24.7. The van der Waals surface area contributed by atoms with Gasteiger partial charge in [-0.2, -0.15) is 5.10 Å². The summed E-state index contributed by atoms with van der Waals surface area (Å²) >= 11 is 0. The van der Waals surface area contributed by atoms with E-state index in [1.165, 1.54) is 6.21 Å². The lowest BCUT2D eigenvalue weighted by Crippen LogP contribution is -2.42. The Morgan fingerprint density at radius 2 is 1.79 bits per heavy atom. The zero-order valence-electron chi connectivity index (χ0n) is 17.9. The van der Waals surface area contributed by atoms with E-state index in [0.717, 1.165) is 0 Å². The van der Waals surface area contributed by atoms with Crippen molar-refractivity contribution in [3.05, 3.63) is 83.9 Å². The van der Waals surface area contributed by atoms with Crippen LogP contribution in [0, 0.1) is 0 Å². The Labute approximate surface area is 190 Å². The summed E-state index contributed by atoms with van der Waals surface area (Å²) in [5.41, 5.74) is 3.53. The molecule has 1 aliphatic heterocycles. The fourth-order valence-electron chi connectivity index (χ4n) is 3.08. The highest BCUT2D eigenvalue weighted by Crippen LogP contribution is 2.31. The van der Waals surface area contributed by atoms with Crippen molar-refractivity contribution < 1.29 is 28.5 Å². The summed E-state index contributed by atoms with van der Waals surface area (Å²) in [6, 6.07) is 20.8. The molecule has 1 N–H and O–H groups in total. The van der Waals surface area contributed by atoms with Crippen molar-refractivity contribution in [2.24, 2.45) is 5.10 Å². The van der Waals surface area contributed by atoms with Gasteiger partial charge in [-0.15, -0.1) is 0 Å². The van der Waals surface area contributed by atoms with E-state index in [0.29, 0.717) is 40.7 Å². The minimum atomic E-state index is -0.809. The van der Waals surface area contributed by atoms with Gasteiger partial charge in [0.05, 0.1) is 18.4 Å². The molecule has 0 saturated heterocycles. The predicted octanol–water partition coefficient (Wildman–Crippen LogP) is 3.59. The van der Waals surface area contributed by atoms with Crippen molar-refractivity contribution in [1.29, 1.82) is 0 Å². The van der Waals surface area contributed by atoms with Gasteiger partial charge in [-0.05, 0) is 55.0 Å². The smallest absolute Gasteiger partial charge is 0.343 e. The number of ether oxygens (including phenoxy) is 4. The Balaban J connectivity index is 1.39.